The molecule has 4 rings (SSSR count). The van der Waals surface area contributed by atoms with E-state index in [4.69, 9.17) is 0 Å². The molecule has 1 N–H and O–H groups in total. The molecule has 0 radical (unpaired) electrons. The molecule has 2 atom stereocenters. The molecule has 2 aromatic carbocycles. The van der Waals surface area contributed by atoms with Gasteiger partial charge < -0.3 is 15.1 Å². The van der Waals surface area contributed by atoms with Gasteiger partial charge in [0.1, 0.15) is 11.9 Å². The summed E-state index contributed by atoms with van der Waals surface area (Å²) in [5.74, 6) is -2.77. The maximum atomic E-state index is 14.3. The van der Waals surface area contributed by atoms with Crippen LogP contribution in [0.5, 0.6) is 0 Å². The van der Waals surface area contributed by atoms with E-state index < -0.39 is 41.0 Å². The number of nitrogens with zero attached hydrogens (tertiary/aromatic N) is 2. The smallest absolute Gasteiger partial charge is 0.345 e. The summed E-state index contributed by atoms with van der Waals surface area (Å²) in [4.78, 5) is 42.4. The zero-order valence-electron chi connectivity index (χ0n) is 22.2. The Balaban J connectivity index is 1.50. The highest BCUT2D eigenvalue weighted by molar-refractivity contribution is 5.98. The van der Waals surface area contributed by atoms with Gasteiger partial charge >= 0.3 is 6.18 Å². The van der Waals surface area contributed by atoms with Gasteiger partial charge in [0.25, 0.3) is 5.91 Å². The maximum absolute atomic E-state index is 14.3. The van der Waals surface area contributed by atoms with Crippen molar-refractivity contribution in [2.75, 3.05) is 26.7 Å². The zero-order chi connectivity index (χ0) is 28.5. The fraction of sp³-hybridized carbons (Fsp3) is 0.483. The van der Waals surface area contributed by atoms with Crippen LogP contribution >= 0.6 is 0 Å². The number of halogens is 4. The van der Waals surface area contributed by atoms with E-state index in [0.717, 1.165) is 5.56 Å². The lowest BCUT2D eigenvalue weighted by Gasteiger charge is -2.51. The third-order valence-electron chi connectivity index (χ3n) is 8.16. The van der Waals surface area contributed by atoms with Crippen LogP contribution in [0.1, 0.15) is 60.5 Å². The molecule has 0 aromatic heterocycles. The molecule has 0 aliphatic carbocycles. The molecule has 6 nitrogen and oxygen atoms in total. The van der Waals surface area contributed by atoms with Crippen molar-refractivity contribution in [1.82, 2.24) is 15.1 Å². The van der Waals surface area contributed by atoms with Gasteiger partial charge in [0.15, 0.2) is 0 Å². The lowest BCUT2D eigenvalue weighted by molar-refractivity contribution is -0.143. The van der Waals surface area contributed by atoms with E-state index >= 15 is 0 Å². The Morgan fingerprint density at radius 1 is 1.05 bits per heavy atom. The molecule has 10 heteroatoms. The summed E-state index contributed by atoms with van der Waals surface area (Å²) < 4.78 is 53.7. The predicted molar refractivity (Wildman–Crippen MR) is 137 cm³/mol. The molecule has 210 valence electrons. The maximum Gasteiger partial charge on any atom is 0.416 e. The van der Waals surface area contributed by atoms with E-state index in [2.05, 4.69) is 17.4 Å². The largest absolute Gasteiger partial charge is 0.416 e. The third kappa shape index (κ3) is 5.94. The third-order valence-corrected chi connectivity index (χ3v) is 8.16. The molecule has 1 spiro atoms. The van der Waals surface area contributed by atoms with Gasteiger partial charge in [-0.05, 0) is 47.9 Å². The van der Waals surface area contributed by atoms with Crippen molar-refractivity contribution in [2.24, 2.45) is 11.3 Å². The average molecular weight is 548 g/mol. The van der Waals surface area contributed by atoms with Crippen molar-refractivity contribution < 1.29 is 31.9 Å². The predicted octanol–water partition coefficient (Wildman–Crippen LogP) is 4.85. The zero-order valence-corrected chi connectivity index (χ0v) is 22.2. The number of piperidine rings is 2. The summed E-state index contributed by atoms with van der Waals surface area (Å²) in [6.45, 7) is 4.74. The van der Waals surface area contributed by atoms with Crippen molar-refractivity contribution in [2.45, 2.75) is 51.2 Å². The second-order valence-electron chi connectivity index (χ2n) is 11.0. The summed E-state index contributed by atoms with van der Waals surface area (Å²) in [7, 11) is 1.80. The van der Waals surface area contributed by atoms with E-state index in [0.29, 0.717) is 57.1 Å². The van der Waals surface area contributed by atoms with Gasteiger partial charge in [-0.25, -0.2) is 4.39 Å². The van der Waals surface area contributed by atoms with Crippen molar-refractivity contribution in [3.63, 3.8) is 0 Å². The van der Waals surface area contributed by atoms with Crippen LogP contribution in [0.2, 0.25) is 0 Å². The Labute approximate surface area is 225 Å². The molecular weight excluding hydrogens is 514 g/mol. The van der Waals surface area contributed by atoms with Crippen molar-refractivity contribution in [3.8, 4) is 0 Å². The fourth-order valence-electron chi connectivity index (χ4n) is 5.78. The number of nitrogens with one attached hydrogen (secondary N) is 1. The number of carbonyl (C=O) groups is 3. The number of likely N-dealkylation sites (tertiary alicyclic amines) is 2. The van der Waals surface area contributed by atoms with Gasteiger partial charge in [0.05, 0.1) is 11.1 Å². The second kappa shape index (κ2) is 11.0. The first-order valence-electron chi connectivity index (χ1n) is 13.1. The van der Waals surface area contributed by atoms with Gasteiger partial charge in [-0.3, -0.25) is 14.4 Å². The summed E-state index contributed by atoms with van der Waals surface area (Å²) in [6, 6.07) is 10.6. The highest BCUT2D eigenvalue weighted by atomic mass is 19.4. The minimum absolute atomic E-state index is 0.0670. The fourth-order valence-corrected chi connectivity index (χ4v) is 5.78. The van der Waals surface area contributed by atoms with E-state index in [1.807, 2.05) is 18.2 Å². The molecule has 0 saturated carbocycles. The minimum Gasteiger partial charge on any atom is -0.345 e. The molecule has 2 unspecified atom stereocenters. The van der Waals surface area contributed by atoms with Crippen LogP contribution in [0.4, 0.5) is 17.6 Å². The van der Waals surface area contributed by atoms with Gasteiger partial charge in [-0.2, -0.15) is 13.2 Å². The van der Waals surface area contributed by atoms with E-state index in [9.17, 15) is 31.9 Å². The number of amides is 3. The normalized spacial score (nSPS) is 20.3. The number of alkyl halides is 3. The first-order valence-corrected chi connectivity index (χ1v) is 13.1. The first kappa shape index (κ1) is 28.6. The van der Waals surface area contributed by atoms with Crippen molar-refractivity contribution in [3.05, 3.63) is 71.0 Å². The number of rotatable bonds is 5. The number of hydrogen-bond donors (Lipinski definition) is 1. The monoisotopic (exact) mass is 547 g/mol. The molecule has 2 fully saturated rings. The molecule has 2 heterocycles. The Morgan fingerprint density at radius 2 is 1.69 bits per heavy atom. The lowest BCUT2D eigenvalue weighted by atomic mass is 9.62. The number of likely N-dealkylation sites (N-methyl/N-ethyl adjacent to an activating group) is 1. The Hall–Kier alpha value is -3.43. The standard InChI is InChI=1S/C29H33F4N3O3/c1-18(2)25(34-26(38)21-15-20(29(31,32)33)9-10-23(21)30)27(39)36-13-11-28(12-14-36)16-24(37)35(3)17-22(28)19-7-5-4-6-8-19/h4-10,15,18,22,25H,11-14,16-17H2,1-3H3,(H,34,38). The van der Waals surface area contributed by atoms with Crippen LogP contribution in [-0.2, 0) is 15.8 Å². The molecule has 0 bridgehead atoms. The van der Waals surface area contributed by atoms with Crippen LogP contribution in [-0.4, -0.2) is 60.2 Å². The molecule has 2 saturated heterocycles. The van der Waals surface area contributed by atoms with Crippen molar-refractivity contribution >= 4 is 17.7 Å². The summed E-state index contributed by atoms with van der Waals surface area (Å²) in [5, 5.41) is 2.47. The average Bonchev–Trinajstić information content (AvgIpc) is 2.89. The second-order valence-corrected chi connectivity index (χ2v) is 11.0. The van der Waals surface area contributed by atoms with E-state index in [1.54, 1.807) is 30.7 Å². The van der Waals surface area contributed by atoms with Crippen LogP contribution in [0.3, 0.4) is 0 Å². The molecule has 3 amide bonds. The van der Waals surface area contributed by atoms with Crippen LogP contribution in [0.15, 0.2) is 48.5 Å². The van der Waals surface area contributed by atoms with Crippen LogP contribution in [0.25, 0.3) is 0 Å². The highest BCUT2D eigenvalue weighted by Crippen LogP contribution is 2.50. The molecule has 2 aromatic rings. The Bertz CT molecular complexity index is 1220. The molecule has 39 heavy (non-hydrogen) atoms. The van der Waals surface area contributed by atoms with Gasteiger partial charge in [0.2, 0.25) is 11.8 Å². The Kier molecular flexibility index (Phi) is 8.04. The van der Waals surface area contributed by atoms with Crippen LogP contribution < -0.4 is 5.32 Å². The quantitative estimate of drug-likeness (QED) is 0.544. The van der Waals surface area contributed by atoms with E-state index in [-0.39, 0.29) is 23.1 Å². The minimum atomic E-state index is -4.74. The lowest BCUT2D eigenvalue weighted by Crippen LogP contribution is -2.57. The number of benzene rings is 2. The van der Waals surface area contributed by atoms with Gasteiger partial charge in [0, 0.05) is 39.0 Å². The van der Waals surface area contributed by atoms with E-state index in [1.165, 1.54) is 0 Å². The summed E-state index contributed by atoms with van der Waals surface area (Å²) in [6.07, 6.45) is -3.17. The summed E-state index contributed by atoms with van der Waals surface area (Å²) >= 11 is 0. The number of carbonyl (C=O) groups excluding carboxylic acids is 3. The SMILES string of the molecule is CC(C)C(NC(=O)c1cc(C(F)(F)F)ccc1F)C(=O)N1CCC2(CC1)CC(=O)N(C)CC2c1ccccc1. The van der Waals surface area contributed by atoms with Crippen molar-refractivity contribution in [1.29, 1.82) is 0 Å². The molecular formula is C29H33F4N3O3. The van der Waals surface area contributed by atoms with Gasteiger partial charge in [-0.1, -0.05) is 44.2 Å². The molecule has 2 aliphatic heterocycles. The topological polar surface area (TPSA) is 69.7 Å². The van der Waals surface area contributed by atoms with Gasteiger partial charge in [-0.15, -0.1) is 0 Å². The summed E-state index contributed by atoms with van der Waals surface area (Å²) in [5.41, 5.74) is -1.08. The first-order chi connectivity index (χ1) is 18.3. The van der Waals surface area contributed by atoms with Crippen LogP contribution in [0, 0.1) is 17.2 Å². The highest BCUT2D eigenvalue weighted by Gasteiger charge is 2.48. The molecule has 2 aliphatic rings. The number of hydrogen-bond acceptors (Lipinski definition) is 3. The Morgan fingerprint density at radius 3 is 2.28 bits per heavy atom.